The molecule has 1 heterocycles. The molecule has 1 nitrogen and oxygen atoms in total. The van der Waals surface area contributed by atoms with E-state index < -0.39 is 0 Å². The number of rotatable bonds is 1. The fourth-order valence-electron chi connectivity index (χ4n) is 3.82. The van der Waals surface area contributed by atoms with Crippen LogP contribution in [0.4, 0.5) is 0 Å². The van der Waals surface area contributed by atoms with Gasteiger partial charge in [0.05, 0.1) is 12.2 Å². The lowest BCUT2D eigenvalue weighted by Crippen LogP contribution is -2.38. The van der Waals surface area contributed by atoms with E-state index in [1.54, 1.807) is 0 Å². The summed E-state index contributed by atoms with van der Waals surface area (Å²) in [6.45, 7) is 3.43. The molecule has 2 aliphatic carbocycles. The molecule has 0 aromatic rings. The van der Waals surface area contributed by atoms with Crippen molar-refractivity contribution in [3.05, 3.63) is 0 Å². The van der Waals surface area contributed by atoms with Gasteiger partial charge in [-0.25, -0.2) is 0 Å². The first-order chi connectivity index (χ1) is 7.31. The van der Waals surface area contributed by atoms with E-state index in [4.69, 9.17) is 4.74 Å². The average Bonchev–Trinajstić information content (AvgIpc) is 3.03. The van der Waals surface area contributed by atoms with Crippen molar-refractivity contribution in [1.82, 2.24) is 0 Å². The third kappa shape index (κ3) is 1.95. The van der Waals surface area contributed by atoms with E-state index in [2.05, 4.69) is 6.92 Å². The summed E-state index contributed by atoms with van der Waals surface area (Å²) in [5, 5.41) is 0. The summed E-state index contributed by atoms with van der Waals surface area (Å²) in [7, 11) is 0. The van der Waals surface area contributed by atoms with Gasteiger partial charge < -0.3 is 4.74 Å². The van der Waals surface area contributed by atoms with Gasteiger partial charge in [-0.05, 0) is 49.9 Å². The third-order valence-electron chi connectivity index (χ3n) is 5.13. The predicted molar refractivity (Wildman–Crippen MR) is 61.8 cm³/mol. The highest BCUT2D eigenvalue weighted by Gasteiger charge is 2.46. The van der Waals surface area contributed by atoms with Crippen molar-refractivity contribution in [2.24, 2.45) is 17.8 Å². The smallest absolute Gasteiger partial charge is 0.0685 e. The molecule has 0 radical (unpaired) electrons. The van der Waals surface area contributed by atoms with Gasteiger partial charge in [0.15, 0.2) is 0 Å². The quantitative estimate of drug-likeness (QED) is 0.637. The van der Waals surface area contributed by atoms with Gasteiger partial charge in [-0.2, -0.15) is 0 Å². The second-order valence-corrected chi connectivity index (χ2v) is 6.16. The largest absolute Gasteiger partial charge is 0.375 e. The predicted octanol–water partition coefficient (Wildman–Crippen LogP) is 3.77. The molecule has 1 saturated heterocycles. The van der Waals surface area contributed by atoms with Gasteiger partial charge in [-0.15, -0.1) is 0 Å². The topological polar surface area (TPSA) is 9.23 Å². The van der Waals surface area contributed by atoms with E-state index in [-0.39, 0.29) is 0 Å². The fourth-order valence-corrected chi connectivity index (χ4v) is 3.82. The lowest BCUT2D eigenvalue weighted by molar-refractivity contribution is -0.0866. The average molecular weight is 208 g/mol. The van der Waals surface area contributed by atoms with Crippen LogP contribution in [-0.4, -0.2) is 12.2 Å². The van der Waals surface area contributed by atoms with Crippen molar-refractivity contribution in [3.63, 3.8) is 0 Å². The Labute approximate surface area is 93.6 Å². The molecule has 1 aliphatic heterocycles. The van der Waals surface area contributed by atoms with Crippen molar-refractivity contribution >= 4 is 0 Å². The zero-order valence-corrected chi connectivity index (χ0v) is 10.0. The van der Waals surface area contributed by atoms with Crippen LogP contribution in [0.25, 0.3) is 0 Å². The van der Waals surface area contributed by atoms with Gasteiger partial charge in [0.25, 0.3) is 0 Å². The summed E-state index contributed by atoms with van der Waals surface area (Å²) in [5.74, 6) is 2.95. The molecular formula is C14H24O. The van der Waals surface area contributed by atoms with Crippen LogP contribution >= 0.6 is 0 Å². The number of hydrogen-bond acceptors (Lipinski definition) is 1. The Bertz CT molecular complexity index is 223. The molecule has 2 saturated carbocycles. The fraction of sp³-hybridized carbons (Fsp3) is 1.00. The van der Waals surface area contributed by atoms with Crippen LogP contribution < -0.4 is 0 Å². The highest BCUT2D eigenvalue weighted by atomic mass is 16.5. The molecule has 0 bridgehead atoms. The Hall–Kier alpha value is -0.0400. The number of hydrogen-bond donors (Lipinski definition) is 0. The number of ether oxygens (including phenoxy) is 1. The molecule has 4 unspecified atom stereocenters. The summed E-state index contributed by atoms with van der Waals surface area (Å²) in [6.07, 6.45) is 11.2. The summed E-state index contributed by atoms with van der Waals surface area (Å²) >= 11 is 0. The summed E-state index contributed by atoms with van der Waals surface area (Å²) in [6, 6.07) is 0. The lowest BCUT2D eigenvalue weighted by atomic mass is 9.74. The lowest BCUT2D eigenvalue weighted by Gasteiger charge is -2.40. The standard InChI is InChI=1S/C14H24O/c1-2-11-4-3-6-14(9-11)7-5-12-8-13(12)10-15-14/h11-13H,2-10H2,1H3. The number of fused-ring (bicyclic) bond motifs is 1. The zero-order valence-electron chi connectivity index (χ0n) is 10.0. The first-order valence-electron chi connectivity index (χ1n) is 6.95. The van der Waals surface area contributed by atoms with Gasteiger partial charge >= 0.3 is 0 Å². The van der Waals surface area contributed by atoms with Gasteiger partial charge in [0.2, 0.25) is 0 Å². The van der Waals surface area contributed by atoms with Gasteiger partial charge in [0.1, 0.15) is 0 Å². The molecule has 15 heavy (non-hydrogen) atoms. The Morgan fingerprint density at radius 3 is 3.00 bits per heavy atom. The monoisotopic (exact) mass is 208 g/mol. The van der Waals surface area contributed by atoms with E-state index in [0.29, 0.717) is 5.60 Å². The Morgan fingerprint density at radius 2 is 2.13 bits per heavy atom. The highest BCUT2D eigenvalue weighted by molar-refractivity contribution is 4.96. The SMILES string of the molecule is CCC1CCCC2(CCC3CC3CO2)C1. The van der Waals surface area contributed by atoms with E-state index >= 15 is 0 Å². The minimum Gasteiger partial charge on any atom is -0.375 e. The molecule has 86 valence electrons. The molecule has 0 amide bonds. The molecule has 3 aliphatic rings. The molecule has 1 heteroatoms. The maximum Gasteiger partial charge on any atom is 0.0685 e. The Kier molecular flexibility index (Phi) is 2.54. The van der Waals surface area contributed by atoms with Crippen LogP contribution in [0, 0.1) is 17.8 Å². The van der Waals surface area contributed by atoms with Crippen molar-refractivity contribution in [2.45, 2.75) is 63.9 Å². The highest BCUT2D eigenvalue weighted by Crippen LogP contribution is 2.50. The minimum absolute atomic E-state index is 0.326. The molecule has 3 rings (SSSR count). The zero-order chi connectivity index (χ0) is 10.3. The van der Waals surface area contributed by atoms with Crippen LogP contribution in [0.5, 0.6) is 0 Å². The third-order valence-corrected chi connectivity index (χ3v) is 5.13. The molecule has 3 fully saturated rings. The first kappa shape index (κ1) is 10.1. The van der Waals surface area contributed by atoms with E-state index in [1.165, 1.54) is 51.4 Å². The van der Waals surface area contributed by atoms with E-state index in [0.717, 1.165) is 24.4 Å². The van der Waals surface area contributed by atoms with Crippen LogP contribution in [0.3, 0.4) is 0 Å². The molecule has 0 aromatic heterocycles. The normalized spacial score (nSPS) is 49.8. The maximum absolute atomic E-state index is 6.32. The second-order valence-electron chi connectivity index (χ2n) is 6.16. The minimum atomic E-state index is 0.326. The molecular weight excluding hydrogens is 184 g/mol. The van der Waals surface area contributed by atoms with Gasteiger partial charge in [-0.1, -0.05) is 26.2 Å². The van der Waals surface area contributed by atoms with Crippen LogP contribution in [0.2, 0.25) is 0 Å². The Morgan fingerprint density at radius 1 is 1.20 bits per heavy atom. The van der Waals surface area contributed by atoms with Gasteiger partial charge in [0, 0.05) is 0 Å². The van der Waals surface area contributed by atoms with Crippen molar-refractivity contribution in [3.8, 4) is 0 Å². The van der Waals surface area contributed by atoms with Crippen LogP contribution in [0.15, 0.2) is 0 Å². The maximum atomic E-state index is 6.32. The van der Waals surface area contributed by atoms with Crippen molar-refractivity contribution in [2.75, 3.05) is 6.61 Å². The van der Waals surface area contributed by atoms with Crippen LogP contribution in [0.1, 0.15) is 58.3 Å². The van der Waals surface area contributed by atoms with E-state index in [9.17, 15) is 0 Å². The van der Waals surface area contributed by atoms with Crippen LogP contribution in [-0.2, 0) is 4.74 Å². The molecule has 4 atom stereocenters. The summed E-state index contributed by atoms with van der Waals surface area (Å²) < 4.78 is 6.32. The second kappa shape index (κ2) is 3.76. The summed E-state index contributed by atoms with van der Waals surface area (Å²) in [5.41, 5.74) is 0.326. The molecule has 0 aromatic carbocycles. The van der Waals surface area contributed by atoms with Gasteiger partial charge in [-0.3, -0.25) is 0 Å². The molecule has 0 N–H and O–H groups in total. The molecule has 1 spiro atoms. The van der Waals surface area contributed by atoms with Crippen molar-refractivity contribution < 1.29 is 4.74 Å². The van der Waals surface area contributed by atoms with Crippen molar-refractivity contribution in [1.29, 1.82) is 0 Å². The summed E-state index contributed by atoms with van der Waals surface area (Å²) in [4.78, 5) is 0. The Balaban J connectivity index is 1.66. The van der Waals surface area contributed by atoms with E-state index in [1.807, 2.05) is 0 Å². The first-order valence-corrected chi connectivity index (χ1v) is 6.95.